The molecule has 1 unspecified atom stereocenters. The number of nitrogen functional groups attached to an aromatic ring is 1. The van der Waals surface area contributed by atoms with E-state index in [1.54, 1.807) is 13.8 Å². The van der Waals surface area contributed by atoms with E-state index >= 15 is 0 Å². The van der Waals surface area contributed by atoms with E-state index in [1.807, 2.05) is 0 Å². The van der Waals surface area contributed by atoms with Crippen molar-refractivity contribution in [3.8, 4) is 0 Å². The standard InChI is InChI=1S/C12H18N2O5S/c1-3-19-8(2)7-14-20(17,18)11-5-4-9(13)6-10(11)12(15)16/h4-6,8,14H,3,7,13H2,1-2H3,(H,15,16). The first-order valence-corrected chi connectivity index (χ1v) is 7.50. The molecule has 0 aliphatic rings. The fraction of sp³-hybridized carbons (Fsp3) is 0.417. The quantitative estimate of drug-likeness (QED) is 0.637. The van der Waals surface area contributed by atoms with Gasteiger partial charge < -0.3 is 15.6 Å². The molecular formula is C12H18N2O5S. The van der Waals surface area contributed by atoms with Crippen LogP contribution in [0.5, 0.6) is 0 Å². The number of carboxylic acid groups (broad SMARTS) is 1. The van der Waals surface area contributed by atoms with Crippen molar-refractivity contribution in [2.24, 2.45) is 0 Å². The van der Waals surface area contributed by atoms with Crippen molar-refractivity contribution >= 4 is 21.7 Å². The molecule has 1 aromatic carbocycles. The van der Waals surface area contributed by atoms with Gasteiger partial charge in [-0.05, 0) is 32.0 Å². The van der Waals surface area contributed by atoms with Crippen molar-refractivity contribution in [3.05, 3.63) is 23.8 Å². The number of nitrogens with two attached hydrogens (primary N) is 1. The van der Waals surface area contributed by atoms with Crippen molar-refractivity contribution in [1.82, 2.24) is 4.72 Å². The molecule has 20 heavy (non-hydrogen) atoms. The van der Waals surface area contributed by atoms with Crippen molar-refractivity contribution in [1.29, 1.82) is 0 Å². The number of anilines is 1. The Bertz CT molecular complexity index is 586. The van der Waals surface area contributed by atoms with Crippen molar-refractivity contribution < 1.29 is 23.1 Å². The molecule has 0 bridgehead atoms. The van der Waals surface area contributed by atoms with Crippen LogP contribution in [0.15, 0.2) is 23.1 Å². The second-order valence-corrected chi connectivity index (χ2v) is 5.91. The summed E-state index contributed by atoms with van der Waals surface area (Å²) < 4.78 is 31.7. The van der Waals surface area contributed by atoms with Gasteiger partial charge in [-0.1, -0.05) is 0 Å². The molecule has 0 saturated heterocycles. The van der Waals surface area contributed by atoms with Gasteiger partial charge in [0.2, 0.25) is 10.0 Å². The second kappa shape index (κ2) is 6.69. The van der Waals surface area contributed by atoms with E-state index in [2.05, 4.69) is 4.72 Å². The van der Waals surface area contributed by atoms with E-state index in [0.717, 1.165) is 6.07 Å². The number of nitrogens with one attached hydrogen (secondary N) is 1. The van der Waals surface area contributed by atoms with Crippen molar-refractivity contribution in [2.45, 2.75) is 24.8 Å². The van der Waals surface area contributed by atoms with E-state index in [-0.39, 0.29) is 28.8 Å². The van der Waals surface area contributed by atoms with Crippen LogP contribution in [0.25, 0.3) is 0 Å². The lowest BCUT2D eigenvalue weighted by Gasteiger charge is -2.14. The molecule has 0 saturated carbocycles. The van der Waals surface area contributed by atoms with E-state index in [9.17, 15) is 13.2 Å². The van der Waals surface area contributed by atoms with Crippen LogP contribution in [0.4, 0.5) is 5.69 Å². The van der Waals surface area contributed by atoms with E-state index in [1.165, 1.54) is 12.1 Å². The number of hydrogen-bond acceptors (Lipinski definition) is 5. The molecule has 1 atom stereocenters. The van der Waals surface area contributed by atoms with Crippen molar-refractivity contribution in [3.63, 3.8) is 0 Å². The van der Waals surface area contributed by atoms with Gasteiger partial charge in [0, 0.05) is 18.8 Å². The monoisotopic (exact) mass is 302 g/mol. The van der Waals surface area contributed by atoms with Crippen LogP contribution in [0.3, 0.4) is 0 Å². The van der Waals surface area contributed by atoms with E-state index in [0.29, 0.717) is 6.61 Å². The molecule has 112 valence electrons. The van der Waals surface area contributed by atoms with Gasteiger partial charge >= 0.3 is 5.97 Å². The first-order valence-electron chi connectivity index (χ1n) is 6.02. The molecule has 0 radical (unpaired) electrons. The second-order valence-electron chi connectivity index (χ2n) is 4.18. The minimum atomic E-state index is -3.93. The number of sulfonamides is 1. The minimum absolute atomic E-state index is 0.0552. The van der Waals surface area contributed by atoms with Crippen LogP contribution in [0.2, 0.25) is 0 Å². The number of hydrogen-bond donors (Lipinski definition) is 3. The Morgan fingerprint density at radius 3 is 2.70 bits per heavy atom. The third kappa shape index (κ3) is 4.19. The van der Waals surface area contributed by atoms with Crippen LogP contribution < -0.4 is 10.5 Å². The van der Waals surface area contributed by atoms with E-state index in [4.69, 9.17) is 15.6 Å². The number of carboxylic acids is 1. The summed E-state index contributed by atoms with van der Waals surface area (Å²) in [6.45, 7) is 4.03. The number of rotatable bonds is 7. The lowest BCUT2D eigenvalue weighted by molar-refractivity contribution is 0.0692. The average molecular weight is 302 g/mol. The highest BCUT2D eigenvalue weighted by Gasteiger charge is 2.22. The van der Waals surface area contributed by atoms with Crippen LogP contribution in [0.1, 0.15) is 24.2 Å². The summed E-state index contributed by atoms with van der Waals surface area (Å²) in [7, 11) is -3.93. The molecule has 0 amide bonds. The summed E-state index contributed by atoms with van der Waals surface area (Å²) in [5, 5.41) is 9.04. The summed E-state index contributed by atoms with van der Waals surface area (Å²) in [4.78, 5) is 10.8. The topological polar surface area (TPSA) is 119 Å². The lowest BCUT2D eigenvalue weighted by atomic mass is 10.2. The molecule has 0 heterocycles. The number of ether oxygens (including phenoxy) is 1. The van der Waals surface area contributed by atoms with Gasteiger partial charge in [0.05, 0.1) is 16.6 Å². The van der Waals surface area contributed by atoms with Crippen LogP contribution >= 0.6 is 0 Å². The number of benzene rings is 1. The Morgan fingerprint density at radius 2 is 2.15 bits per heavy atom. The molecule has 1 aromatic rings. The summed E-state index contributed by atoms with van der Waals surface area (Å²) >= 11 is 0. The number of carbonyl (C=O) groups is 1. The largest absolute Gasteiger partial charge is 0.478 e. The zero-order chi connectivity index (χ0) is 15.3. The molecule has 0 aliphatic carbocycles. The third-order valence-corrected chi connectivity index (χ3v) is 4.02. The normalized spacial score (nSPS) is 13.1. The molecule has 4 N–H and O–H groups in total. The zero-order valence-electron chi connectivity index (χ0n) is 11.3. The van der Waals surface area contributed by atoms with Gasteiger partial charge in [0.15, 0.2) is 0 Å². The first kappa shape index (κ1) is 16.4. The van der Waals surface area contributed by atoms with Crippen LogP contribution in [-0.4, -0.2) is 38.7 Å². The van der Waals surface area contributed by atoms with Crippen LogP contribution in [-0.2, 0) is 14.8 Å². The molecular weight excluding hydrogens is 284 g/mol. The van der Waals surface area contributed by atoms with Gasteiger partial charge in [-0.2, -0.15) is 0 Å². The predicted molar refractivity (Wildman–Crippen MR) is 74.1 cm³/mol. The van der Waals surface area contributed by atoms with Crippen molar-refractivity contribution in [2.75, 3.05) is 18.9 Å². The number of aromatic carboxylic acids is 1. The zero-order valence-corrected chi connectivity index (χ0v) is 12.1. The molecule has 0 fully saturated rings. The molecule has 0 aromatic heterocycles. The maximum absolute atomic E-state index is 12.1. The average Bonchev–Trinajstić information content (AvgIpc) is 2.36. The Kier molecular flexibility index (Phi) is 5.49. The summed E-state index contributed by atoms with van der Waals surface area (Å²) in [6.07, 6.45) is -0.308. The minimum Gasteiger partial charge on any atom is -0.478 e. The van der Waals surface area contributed by atoms with Gasteiger partial charge in [0.25, 0.3) is 0 Å². The predicted octanol–water partition coefficient (Wildman–Crippen LogP) is 0.670. The maximum atomic E-state index is 12.1. The fourth-order valence-electron chi connectivity index (χ4n) is 1.60. The maximum Gasteiger partial charge on any atom is 0.337 e. The van der Waals surface area contributed by atoms with Gasteiger partial charge in [0.1, 0.15) is 0 Å². The van der Waals surface area contributed by atoms with E-state index < -0.39 is 16.0 Å². The Labute approximate surface area is 117 Å². The summed E-state index contributed by atoms with van der Waals surface area (Å²) in [6, 6.07) is 3.63. The summed E-state index contributed by atoms with van der Waals surface area (Å²) in [5.41, 5.74) is 5.30. The molecule has 8 heteroatoms. The Hall–Kier alpha value is -1.64. The fourth-order valence-corrected chi connectivity index (χ4v) is 2.89. The Balaban J connectivity index is 3.01. The van der Waals surface area contributed by atoms with Crippen LogP contribution in [0, 0.1) is 0 Å². The molecule has 0 aliphatic heterocycles. The Morgan fingerprint density at radius 1 is 1.50 bits per heavy atom. The van der Waals surface area contributed by atoms with Gasteiger partial charge in [-0.3, -0.25) is 0 Å². The third-order valence-electron chi connectivity index (χ3n) is 2.54. The highest BCUT2D eigenvalue weighted by atomic mass is 32.2. The molecule has 0 spiro atoms. The highest BCUT2D eigenvalue weighted by Crippen LogP contribution is 2.18. The summed E-state index contributed by atoms with van der Waals surface area (Å²) in [5.74, 6) is -1.35. The van der Waals surface area contributed by atoms with Gasteiger partial charge in [-0.25, -0.2) is 17.9 Å². The lowest BCUT2D eigenvalue weighted by Crippen LogP contribution is -2.33. The molecule has 7 nitrogen and oxygen atoms in total. The highest BCUT2D eigenvalue weighted by molar-refractivity contribution is 7.89. The smallest absolute Gasteiger partial charge is 0.337 e. The molecule has 1 rings (SSSR count). The SMILES string of the molecule is CCOC(C)CNS(=O)(=O)c1ccc(N)cc1C(=O)O. The van der Waals surface area contributed by atoms with Gasteiger partial charge in [-0.15, -0.1) is 0 Å². The first-order chi connectivity index (χ1) is 9.27.